The molecule has 1 amide bonds. The lowest BCUT2D eigenvalue weighted by Crippen LogP contribution is -2.37. The second-order valence-corrected chi connectivity index (χ2v) is 4.81. The summed E-state index contributed by atoms with van der Waals surface area (Å²) in [6.07, 6.45) is 1.20. The number of nitrogens with one attached hydrogen (secondary N) is 2. The Hall–Kier alpha value is -1.12. The van der Waals surface area contributed by atoms with Crippen molar-refractivity contribution in [1.82, 2.24) is 15.5 Å². The maximum Gasteiger partial charge on any atom is 0.234 e. The Morgan fingerprint density at radius 3 is 2.94 bits per heavy atom. The zero-order valence-electron chi connectivity index (χ0n) is 10.7. The maximum absolute atomic E-state index is 11.2. The second-order valence-electron chi connectivity index (χ2n) is 4.81. The summed E-state index contributed by atoms with van der Waals surface area (Å²) in [6.45, 7) is 7.97. The van der Waals surface area contributed by atoms with Gasteiger partial charge >= 0.3 is 0 Å². The van der Waals surface area contributed by atoms with E-state index in [1.165, 1.54) is 6.42 Å². The van der Waals surface area contributed by atoms with Crippen LogP contribution in [-0.2, 0) is 4.79 Å². The van der Waals surface area contributed by atoms with Gasteiger partial charge in [-0.2, -0.15) is 5.26 Å². The van der Waals surface area contributed by atoms with E-state index in [0.717, 1.165) is 19.6 Å². The fourth-order valence-corrected chi connectivity index (χ4v) is 2.09. The average Bonchev–Trinajstić information content (AvgIpc) is 2.75. The van der Waals surface area contributed by atoms with Gasteiger partial charge in [0, 0.05) is 12.6 Å². The van der Waals surface area contributed by atoms with E-state index in [-0.39, 0.29) is 12.5 Å². The second kappa shape index (κ2) is 7.25. The zero-order chi connectivity index (χ0) is 12.7. The van der Waals surface area contributed by atoms with Crippen LogP contribution in [-0.4, -0.2) is 49.6 Å². The topological polar surface area (TPSA) is 68.2 Å². The monoisotopic (exact) mass is 238 g/mol. The lowest BCUT2D eigenvalue weighted by atomic mass is 10.1. The van der Waals surface area contributed by atoms with Crippen molar-refractivity contribution in [2.75, 3.05) is 32.7 Å². The van der Waals surface area contributed by atoms with Crippen LogP contribution >= 0.6 is 0 Å². The molecule has 17 heavy (non-hydrogen) atoms. The molecule has 0 aromatic heterocycles. The number of likely N-dealkylation sites (tertiary alicyclic amines) is 1. The highest BCUT2D eigenvalue weighted by atomic mass is 16.1. The van der Waals surface area contributed by atoms with Crippen LogP contribution in [0.25, 0.3) is 0 Å². The van der Waals surface area contributed by atoms with Crippen molar-refractivity contribution in [3.63, 3.8) is 0 Å². The first kappa shape index (κ1) is 13.9. The Kier molecular flexibility index (Phi) is 5.95. The summed E-state index contributed by atoms with van der Waals surface area (Å²) in [4.78, 5) is 13.7. The first-order valence-corrected chi connectivity index (χ1v) is 6.22. The summed E-state index contributed by atoms with van der Waals surface area (Å²) < 4.78 is 0. The summed E-state index contributed by atoms with van der Waals surface area (Å²) in [5.74, 6) is 0.534. The van der Waals surface area contributed by atoms with E-state index in [2.05, 4.69) is 29.4 Å². The molecule has 0 aliphatic carbocycles. The Morgan fingerprint density at radius 1 is 1.59 bits per heavy atom. The molecule has 1 fully saturated rings. The Balaban J connectivity index is 2.08. The lowest BCUT2D eigenvalue weighted by molar-refractivity contribution is -0.120. The normalized spacial score (nSPS) is 20.5. The number of carbonyl (C=O) groups excluding carboxylic acids is 1. The van der Waals surface area contributed by atoms with Crippen LogP contribution in [0.15, 0.2) is 0 Å². The SMILES string of the molecule is CC(C)N1CCC(CNCC(=O)NCC#N)C1. The maximum atomic E-state index is 11.2. The van der Waals surface area contributed by atoms with E-state index in [9.17, 15) is 4.79 Å². The molecule has 2 N–H and O–H groups in total. The molecule has 5 nitrogen and oxygen atoms in total. The van der Waals surface area contributed by atoms with Crippen molar-refractivity contribution < 1.29 is 4.79 Å². The fourth-order valence-electron chi connectivity index (χ4n) is 2.09. The highest BCUT2D eigenvalue weighted by Crippen LogP contribution is 2.17. The largest absolute Gasteiger partial charge is 0.342 e. The van der Waals surface area contributed by atoms with Gasteiger partial charge in [-0.3, -0.25) is 4.79 Å². The molecular weight excluding hydrogens is 216 g/mol. The molecule has 0 aromatic carbocycles. The van der Waals surface area contributed by atoms with Crippen LogP contribution < -0.4 is 10.6 Å². The fraction of sp³-hybridized carbons (Fsp3) is 0.833. The van der Waals surface area contributed by atoms with E-state index in [4.69, 9.17) is 5.26 Å². The molecule has 1 atom stereocenters. The number of hydrogen-bond donors (Lipinski definition) is 2. The quantitative estimate of drug-likeness (QED) is 0.636. The Bertz CT molecular complexity index is 285. The van der Waals surface area contributed by atoms with Crippen LogP contribution in [0, 0.1) is 17.2 Å². The van der Waals surface area contributed by atoms with Crippen LogP contribution in [0.4, 0.5) is 0 Å². The van der Waals surface area contributed by atoms with Crippen LogP contribution in [0.2, 0.25) is 0 Å². The number of nitriles is 1. The van der Waals surface area contributed by atoms with E-state index >= 15 is 0 Å². The molecule has 0 spiro atoms. The number of nitrogens with zero attached hydrogens (tertiary/aromatic N) is 2. The van der Waals surface area contributed by atoms with E-state index in [1.54, 1.807) is 0 Å². The Labute approximate surface area is 103 Å². The molecule has 1 aliphatic heterocycles. The van der Waals surface area contributed by atoms with E-state index < -0.39 is 0 Å². The molecule has 0 aromatic rings. The molecule has 0 saturated carbocycles. The van der Waals surface area contributed by atoms with Crippen molar-refractivity contribution in [3.8, 4) is 6.07 Å². The number of hydrogen-bond acceptors (Lipinski definition) is 4. The van der Waals surface area contributed by atoms with Gasteiger partial charge in [-0.05, 0) is 39.3 Å². The lowest BCUT2D eigenvalue weighted by Gasteiger charge is -2.20. The predicted octanol–water partition coefficient (Wildman–Crippen LogP) is -0.0539. The van der Waals surface area contributed by atoms with Gasteiger partial charge in [-0.1, -0.05) is 0 Å². The van der Waals surface area contributed by atoms with E-state index in [0.29, 0.717) is 18.5 Å². The number of carbonyl (C=O) groups is 1. The van der Waals surface area contributed by atoms with Gasteiger partial charge in [-0.15, -0.1) is 0 Å². The van der Waals surface area contributed by atoms with Crippen molar-refractivity contribution in [2.45, 2.75) is 26.3 Å². The smallest absolute Gasteiger partial charge is 0.234 e. The van der Waals surface area contributed by atoms with Crippen molar-refractivity contribution in [1.29, 1.82) is 5.26 Å². The van der Waals surface area contributed by atoms with Gasteiger partial charge in [0.25, 0.3) is 0 Å². The molecule has 1 aliphatic rings. The van der Waals surface area contributed by atoms with Gasteiger partial charge in [0.2, 0.25) is 5.91 Å². The zero-order valence-corrected chi connectivity index (χ0v) is 10.7. The van der Waals surface area contributed by atoms with Crippen molar-refractivity contribution in [2.24, 2.45) is 5.92 Å². The van der Waals surface area contributed by atoms with Crippen molar-refractivity contribution in [3.05, 3.63) is 0 Å². The summed E-state index contributed by atoms with van der Waals surface area (Å²) in [7, 11) is 0. The highest BCUT2D eigenvalue weighted by molar-refractivity contribution is 5.78. The summed E-state index contributed by atoms with van der Waals surface area (Å²) in [5.41, 5.74) is 0. The summed E-state index contributed by atoms with van der Waals surface area (Å²) in [6, 6.07) is 2.49. The van der Waals surface area contributed by atoms with Crippen LogP contribution in [0.5, 0.6) is 0 Å². The Morgan fingerprint density at radius 2 is 2.35 bits per heavy atom. The molecule has 0 bridgehead atoms. The number of rotatable bonds is 6. The molecule has 1 heterocycles. The molecule has 1 rings (SSSR count). The summed E-state index contributed by atoms with van der Waals surface area (Å²) >= 11 is 0. The molecule has 1 unspecified atom stereocenters. The van der Waals surface area contributed by atoms with Crippen LogP contribution in [0.3, 0.4) is 0 Å². The third kappa shape index (κ3) is 5.16. The minimum atomic E-state index is -0.106. The van der Waals surface area contributed by atoms with Gasteiger partial charge in [0.05, 0.1) is 12.6 Å². The highest BCUT2D eigenvalue weighted by Gasteiger charge is 2.23. The first-order chi connectivity index (χ1) is 8.13. The third-order valence-corrected chi connectivity index (χ3v) is 3.13. The third-order valence-electron chi connectivity index (χ3n) is 3.13. The minimum absolute atomic E-state index is 0.0884. The summed E-state index contributed by atoms with van der Waals surface area (Å²) in [5, 5.41) is 14.0. The molecule has 1 saturated heterocycles. The predicted molar refractivity (Wildman–Crippen MR) is 66.3 cm³/mol. The minimum Gasteiger partial charge on any atom is -0.342 e. The average molecular weight is 238 g/mol. The molecular formula is C12H22N4O. The molecule has 0 radical (unpaired) electrons. The van der Waals surface area contributed by atoms with Crippen LogP contribution in [0.1, 0.15) is 20.3 Å². The van der Waals surface area contributed by atoms with Gasteiger partial charge < -0.3 is 15.5 Å². The van der Waals surface area contributed by atoms with Gasteiger partial charge in [0.1, 0.15) is 6.54 Å². The standard InChI is InChI=1S/C12H22N4O/c1-10(2)16-6-3-11(9-16)7-14-8-12(17)15-5-4-13/h10-11,14H,3,5-9H2,1-2H3,(H,15,17). The van der Waals surface area contributed by atoms with Crippen molar-refractivity contribution >= 4 is 5.91 Å². The first-order valence-electron chi connectivity index (χ1n) is 6.22. The van der Waals surface area contributed by atoms with Gasteiger partial charge in [0.15, 0.2) is 0 Å². The number of amides is 1. The van der Waals surface area contributed by atoms with E-state index in [1.807, 2.05) is 6.07 Å². The van der Waals surface area contributed by atoms with Gasteiger partial charge in [-0.25, -0.2) is 0 Å². The molecule has 5 heteroatoms. The molecule has 96 valence electrons.